The van der Waals surface area contributed by atoms with Crippen LogP contribution in [-0.2, 0) is 6.42 Å². The summed E-state index contributed by atoms with van der Waals surface area (Å²) in [7, 11) is 0. The van der Waals surface area contributed by atoms with Gasteiger partial charge in [0, 0.05) is 6.20 Å². The molecule has 2 N–H and O–H groups in total. The zero-order valence-corrected chi connectivity index (χ0v) is 8.37. The summed E-state index contributed by atoms with van der Waals surface area (Å²) in [6.07, 6.45) is 2.86. The fourth-order valence-electron chi connectivity index (χ4n) is 1.03. The van der Waals surface area contributed by atoms with E-state index in [0.717, 1.165) is 12.0 Å². The number of hydrogen-bond acceptors (Lipinski definition) is 3. The maximum absolute atomic E-state index is 5.76. The van der Waals surface area contributed by atoms with E-state index in [0.29, 0.717) is 11.6 Å². The molecule has 0 atom stereocenters. The van der Waals surface area contributed by atoms with E-state index in [1.54, 1.807) is 6.20 Å². The van der Waals surface area contributed by atoms with Gasteiger partial charge in [0.15, 0.2) is 0 Å². The van der Waals surface area contributed by atoms with Crippen molar-refractivity contribution in [1.82, 2.24) is 4.98 Å². The van der Waals surface area contributed by atoms with Crippen molar-refractivity contribution >= 4 is 5.69 Å². The van der Waals surface area contributed by atoms with Gasteiger partial charge in [0.1, 0.15) is 0 Å². The fraction of sp³-hybridized carbons (Fsp3) is 0.500. The molecular formula is C10H16N2O. The Bertz CT molecular complexity index is 284. The lowest BCUT2D eigenvalue weighted by molar-refractivity contribution is 0.234. The van der Waals surface area contributed by atoms with Gasteiger partial charge >= 0.3 is 0 Å². The summed E-state index contributed by atoms with van der Waals surface area (Å²) in [4.78, 5) is 4.14. The molecule has 13 heavy (non-hydrogen) atoms. The first-order valence-corrected chi connectivity index (χ1v) is 4.54. The second kappa shape index (κ2) is 4.12. The van der Waals surface area contributed by atoms with Gasteiger partial charge in [0.05, 0.1) is 11.8 Å². The number of nitrogen functional groups attached to an aromatic ring is 1. The summed E-state index contributed by atoms with van der Waals surface area (Å²) < 4.78 is 5.41. The highest BCUT2D eigenvalue weighted by atomic mass is 16.5. The molecule has 0 saturated heterocycles. The van der Waals surface area contributed by atoms with Crippen molar-refractivity contribution in [1.29, 1.82) is 0 Å². The summed E-state index contributed by atoms with van der Waals surface area (Å²) >= 11 is 0. The van der Waals surface area contributed by atoms with E-state index >= 15 is 0 Å². The number of pyridine rings is 1. The SMILES string of the molecule is CCc1cnc(OC(C)C)c(N)c1. The molecule has 0 aliphatic carbocycles. The van der Waals surface area contributed by atoms with E-state index in [4.69, 9.17) is 10.5 Å². The molecule has 0 saturated carbocycles. The quantitative estimate of drug-likeness (QED) is 0.774. The summed E-state index contributed by atoms with van der Waals surface area (Å²) in [5, 5.41) is 0. The highest BCUT2D eigenvalue weighted by molar-refractivity contribution is 5.49. The Hall–Kier alpha value is -1.25. The third kappa shape index (κ3) is 2.61. The van der Waals surface area contributed by atoms with E-state index in [2.05, 4.69) is 11.9 Å². The maximum Gasteiger partial charge on any atom is 0.237 e. The molecule has 0 spiro atoms. The average molecular weight is 180 g/mol. The van der Waals surface area contributed by atoms with Gasteiger partial charge < -0.3 is 10.5 Å². The number of aryl methyl sites for hydroxylation is 1. The minimum atomic E-state index is 0.113. The molecule has 0 aliphatic rings. The van der Waals surface area contributed by atoms with Crippen LogP contribution >= 0.6 is 0 Å². The number of ether oxygens (including phenoxy) is 1. The van der Waals surface area contributed by atoms with Crippen LogP contribution in [0.5, 0.6) is 5.88 Å². The average Bonchev–Trinajstić information content (AvgIpc) is 2.08. The van der Waals surface area contributed by atoms with Crippen LogP contribution in [0.3, 0.4) is 0 Å². The second-order valence-electron chi connectivity index (χ2n) is 3.26. The molecule has 0 amide bonds. The van der Waals surface area contributed by atoms with Crippen LogP contribution in [0.2, 0.25) is 0 Å². The van der Waals surface area contributed by atoms with Crippen LogP contribution in [0.15, 0.2) is 12.3 Å². The minimum absolute atomic E-state index is 0.113. The summed E-state index contributed by atoms with van der Waals surface area (Å²) in [5.41, 5.74) is 7.51. The van der Waals surface area contributed by atoms with E-state index < -0.39 is 0 Å². The van der Waals surface area contributed by atoms with Crippen molar-refractivity contribution in [2.45, 2.75) is 33.3 Å². The lowest BCUT2D eigenvalue weighted by atomic mass is 10.2. The monoisotopic (exact) mass is 180 g/mol. The molecule has 3 heteroatoms. The molecule has 1 aromatic heterocycles. The molecule has 0 radical (unpaired) electrons. The first-order valence-electron chi connectivity index (χ1n) is 4.54. The number of anilines is 1. The first kappa shape index (κ1) is 9.84. The van der Waals surface area contributed by atoms with Gasteiger partial charge in [0.25, 0.3) is 0 Å². The third-order valence-corrected chi connectivity index (χ3v) is 1.69. The van der Waals surface area contributed by atoms with Crippen LogP contribution in [0.25, 0.3) is 0 Å². The number of aromatic nitrogens is 1. The molecule has 0 bridgehead atoms. The van der Waals surface area contributed by atoms with Crippen molar-refractivity contribution in [2.75, 3.05) is 5.73 Å². The molecule has 3 nitrogen and oxygen atoms in total. The number of nitrogens with two attached hydrogens (primary N) is 1. The van der Waals surface area contributed by atoms with Crippen LogP contribution in [0.4, 0.5) is 5.69 Å². The van der Waals surface area contributed by atoms with Gasteiger partial charge in [-0.2, -0.15) is 0 Å². The van der Waals surface area contributed by atoms with Gasteiger partial charge in [-0.25, -0.2) is 4.98 Å². The van der Waals surface area contributed by atoms with Crippen LogP contribution < -0.4 is 10.5 Å². The Morgan fingerprint density at radius 3 is 2.69 bits per heavy atom. The Labute approximate surface area is 78.9 Å². The van der Waals surface area contributed by atoms with Crippen LogP contribution in [-0.4, -0.2) is 11.1 Å². The molecule has 0 fully saturated rings. The maximum atomic E-state index is 5.76. The van der Waals surface area contributed by atoms with Crippen LogP contribution in [0, 0.1) is 0 Å². The molecule has 1 rings (SSSR count). The minimum Gasteiger partial charge on any atom is -0.473 e. The predicted molar refractivity (Wildman–Crippen MR) is 53.8 cm³/mol. The van der Waals surface area contributed by atoms with Crippen molar-refractivity contribution in [3.05, 3.63) is 17.8 Å². The normalized spacial score (nSPS) is 10.5. The summed E-state index contributed by atoms with van der Waals surface area (Å²) in [6.45, 7) is 5.98. The van der Waals surface area contributed by atoms with E-state index in [9.17, 15) is 0 Å². The van der Waals surface area contributed by atoms with E-state index in [1.807, 2.05) is 19.9 Å². The Balaban J connectivity index is 2.85. The van der Waals surface area contributed by atoms with Gasteiger partial charge in [-0.1, -0.05) is 6.92 Å². The summed E-state index contributed by atoms with van der Waals surface area (Å²) in [6, 6.07) is 1.91. The first-order chi connectivity index (χ1) is 6.13. The zero-order valence-electron chi connectivity index (χ0n) is 8.37. The van der Waals surface area contributed by atoms with Crippen LogP contribution in [0.1, 0.15) is 26.3 Å². The standard InChI is InChI=1S/C10H16N2O/c1-4-8-5-9(11)10(12-6-8)13-7(2)3/h5-7H,4,11H2,1-3H3. The second-order valence-corrected chi connectivity index (χ2v) is 3.26. The Kier molecular flexibility index (Phi) is 3.12. The van der Waals surface area contributed by atoms with Crippen molar-refractivity contribution < 1.29 is 4.74 Å². The lowest BCUT2D eigenvalue weighted by Gasteiger charge is -2.11. The van der Waals surface area contributed by atoms with E-state index in [1.165, 1.54) is 0 Å². The molecule has 1 aromatic rings. The molecule has 72 valence electrons. The van der Waals surface area contributed by atoms with Crippen molar-refractivity contribution in [2.24, 2.45) is 0 Å². The number of hydrogen-bond donors (Lipinski definition) is 1. The molecular weight excluding hydrogens is 164 g/mol. The topological polar surface area (TPSA) is 48.1 Å². The molecule has 0 aromatic carbocycles. The number of nitrogens with zero attached hydrogens (tertiary/aromatic N) is 1. The number of rotatable bonds is 3. The smallest absolute Gasteiger partial charge is 0.237 e. The third-order valence-electron chi connectivity index (χ3n) is 1.69. The van der Waals surface area contributed by atoms with Crippen molar-refractivity contribution in [3.63, 3.8) is 0 Å². The predicted octanol–water partition coefficient (Wildman–Crippen LogP) is 2.01. The Morgan fingerprint density at radius 2 is 2.23 bits per heavy atom. The molecule has 0 aliphatic heterocycles. The largest absolute Gasteiger partial charge is 0.473 e. The lowest BCUT2D eigenvalue weighted by Crippen LogP contribution is -2.09. The zero-order chi connectivity index (χ0) is 9.84. The fourth-order valence-corrected chi connectivity index (χ4v) is 1.03. The highest BCUT2D eigenvalue weighted by Crippen LogP contribution is 2.20. The van der Waals surface area contributed by atoms with Gasteiger partial charge in [0.2, 0.25) is 5.88 Å². The van der Waals surface area contributed by atoms with Gasteiger partial charge in [-0.15, -0.1) is 0 Å². The highest BCUT2D eigenvalue weighted by Gasteiger charge is 2.04. The summed E-state index contributed by atoms with van der Waals surface area (Å²) in [5.74, 6) is 0.534. The Morgan fingerprint density at radius 1 is 1.54 bits per heavy atom. The van der Waals surface area contributed by atoms with Gasteiger partial charge in [-0.05, 0) is 31.9 Å². The van der Waals surface area contributed by atoms with E-state index in [-0.39, 0.29) is 6.10 Å². The van der Waals surface area contributed by atoms with Gasteiger partial charge in [-0.3, -0.25) is 0 Å². The molecule has 0 unspecified atom stereocenters. The van der Waals surface area contributed by atoms with Crippen molar-refractivity contribution in [3.8, 4) is 5.88 Å². The molecule has 1 heterocycles.